The number of nitrogens with zero attached hydrogens (tertiary/aromatic N) is 1. The molecule has 19 heavy (non-hydrogen) atoms. The lowest BCUT2D eigenvalue weighted by molar-refractivity contribution is 0.281. The number of para-hydroxylation sites is 1. The second kappa shape index (κ2) is 5.43. The van der Waals surface area contributed by atoms with E-state index >= 15 is 0 Å². The molecule has 0 spiro atoms. The van der Waals surface area contributed by atoms with Gasteiger partial charge in [-0.15, -0.1) is 0 Å². The molecule has 0 aliphatic heterocycles. The Morgan fingerprint density at radius 1 is 1.26 bits per heavy atom. The van der Waals surface area contributed by atoms with Crippen molar-refractivity contribution in [3.63, 3.8) is 0 Å². The van der Waals surface area contributed by atoms with E-state index in [1.54, 1.807) is 12.1 Å². The van der Waals surface area contributed by atoms with E-state index in [4.69, 9.17) is 4.74 Å². The Kier molecular flexibility index (Phi) is 3.70. The first-order valence-corrected chi connectivity index (χ1v) is 5.80. The van der Waals surface area contributed by atoms with Crippen molar-refractivity contribution in [2.75, 3.05) is 6.61 Å². The number of H-pyrrole nitrogens is 1. The highest BCUT2D eigenvalue weighted by molar-refractivity contribution is 5.21. The third-order valence-electron chi connectivity index (χ3n) is 2.72. The Morgan fingerprint density at radius 3 is 2.63 bits per heavy atom. The molecule has 100 valence electrons. The number of benzene rings is 1. The Balaban J connectivity index is 2.11. The van der Waals surface area contributed by atoms with Crippen LogP contribution in [0, 0.1) is 6.92 Å². The Labute approximate surface area is 108 Å². The summed E-state index contributed by atoms with van der Waals surface area (Å²) in [7, 11) is 0. The van der Waals surface area contributed by atoms with Gasteiger partial charge in [-0.25, -0.2) is 4.79 Å². The number of aromatic nitrogens is 2. The first kappa shape index (κ1) is 12.9. The maximum atomic E-state index is 11.5. The van der Waals surface area contributed by atoms with Gasteiger partial charge >= 0.3 is 5.69 Å². The molecule has 0 saturated heterocycles. The van der Waals surface area contributed by atoms with Crippen LogP contribution < -0.4 is 16.0 Å². The lowest BCUT2D eigenvalue weighted by atomic mass is 10.3. The van der Waals surface area contributed by atoms with E-state index in [-0.39, 0.29) is 24.6 Å². The first-order valence-electron chi connectivity index (χ1n) is 5.80. The van der Waals surface area contributed by atoms with Gasteiger partial charge in [0.15, 0.2) is 0 Å². The summed E-state index contributed by atoms with van der Waals surface area (Å²) in [5, 5.41) is 9.74. The molecular formula is C13H14N2O4. The number of hydrogen-bond acceptors (Lipinski definition) is 4. The van der Waals surface area contributed by atoms with E-state index < -0.39 is 11.2 Å². The van der Waals surface area contributed by atoms with Crippen LogP contribution in [0.25, 0.3) is 0 Å². The molecule has 0 aliphatic rings. The third-order valence-corrected chi connectivity index (χ3v) is 2.72. The maximum absolute atomic E-state index is 11.5. The molecule has 0 fully saturated rings. The van der Waals surface area contributed by atoms with E-state index in [1.165, 1.54) is 6.92 Å². The van der Waals surface area contributed by atoms with Gasteiger partial charge in [0.25, 0.3) is 5.56 Å². The van der Waals surface area contributed by atoms with Gasteiger partial charge in [-0.2, -0.15) is 0 Å². The van der Waals surface area contributed by atoms with Crippen molar-refractivity contribution in [3.05, 3.63) is 56.7 Å². The topological polar surface area (TPSA) is 84.3 Å². The number of aromatic hydroxyl groups is 1. The zero-order chi connectivity index (χ0) is 13.8. The van der Waals surface area contributed by atoms with Gasteiger partial charge in [-0.05, 0) is 19.1 Å². The highest BCUT2D eigenvalue weighted by Crippen LogP contribution is 2.10. The molecule has 1 aromatic carbocycles. The van der Waals surface area contributed by atoms with Crippen molar-refractivity contribution >= 4 is 0 Å². The summed E-state index contributed by atoms with van der Waals surface area (Å²) in [5.41, 5.74) is -1.12. The zero-order valence-electron chi connectivity index (χ0n) is 10.4. The summed E-state index contributed by atoms with van der Waals surface area (Å²) >= 11 is 0. The smallest absolute Gasteiger partial charge is 0.331 e. The van der Waals surface area contributed by atoms with Crippen LogP contribution in [0.3, 0.4) is 0 Å². The summed E-state index contributed by atoms with van der Waals surface area (Å²) in [5.74, 6) is 0.349. The number of nitrogens with one attached hydrogen (secondary N) is 1. The van der Waals surface area contributed by atoms with Crippen molar-refractivity contribution in [1.29, 1.82) is 0 Å². The zero-order valence-corrected chi connectivity index (χ0v) is 10.4. The Bertz CT molecular complexity index is 673. The molecule has 1 heterocycles. The summed E-state index contributed by atoms with van der Waals surface area (Å²) in [6.45, 7) is 1.81. The molecule has 0 aliphatic carbocycles. The van der Waals surface area contributed by atoms with E-state index in [9.17, 15) is 14.7 Å². The van der Waals surface area contributed by atoms with Crippen LogP contribution in [0.5, 0.6) is 11.6 Å². The molecule has 6 heteroatoms. The molecule has 6 nitrogen and oxygen atoms in total. The van der Waals surface area contributed by atoms with Crippen LogP contribution in [0.4, 0.5) is 0 Å². The SMILES string of the molecule is Cc1c(O)n(CCOc2ccccc2)c(=O)[nH]c1=O. The van der Waals surface area contributed by atoms with Gasteiger partial charge in [0.2, 0.25) is 5.88 Å². The van der Waals surface area contributed by atoms with Crippen LogP contribution in [0.15, 0.2) is 39.9 Å². The molecule has 0 radical (unpaired) electrons. The molecule has 2 N–H and O–H groups in total. The fourth-order valence-corrected chi connectivity index (χ4v) is 1.64. The monoisotopic (exact) mass is 262 g/mol. The van der Waals surface area contributed by atoms with Crippen LogP contribution in [0.1, 0.15) is 5.56 Å². The van der Waals surface area contributed by atoms with E-state index in [1.807, 2.05) is 18.2 Å². The molecule has 0 unspecified atom stereocenters. The van der Waals surface area contributed by atoms with Crippen LogP contribution in [0.2, 0.25) is 0 Å². The summed E-state index contributed by atoms with van der Waals surface area (Å²) < 4.78 is 6.50. The summed E-state index contributed by atoms with van der Waals surface area (Å²) in [6, 6.07) is 9.13. The van der Waals surface area contributed by atoms with Crippen molar-refractivity contribution in [2.45, 2.75) is 13.5 Å². The normalized spacial score (nSPS) is 10.4. The minimum atomic E-state index is -0.648. The summed E-state index contributed by atoms with van der Waals surface area (Å²) in [6.07, 6.45) is 0. The first-order chi connectivity index (χ1) is 9.09. The number of ether oxygens (including phenoxy) is 1. The molecule has 1 aromatic heterocycles. The van der Waals surface area contributed by atoms with Crippen molar-refractivity contribution in [1.82, 2.24) is 9.55 Å². The van der Waals surface area contributed by atoms with Crippen LogP contribution in [-0.2, 0) is 6.54 Å². The number of rotatable bonds is 4. The Morgan fingerprint density at radius 2 is 1.95 bits per heavy atom. The molecular weight excluding hydrogens is 248 g/mol. The standard InChI is InChI=1S/C13H14N2O4/c1-9-11(16)14-13(18)15(12(9)17)7-8-19-10-5-3-2-4-6-10/h2-6,17H,7-8H2,1H3,(H,14,16,18). The molecule has 0 amide bonds. The molecule has 2 aromatic rings. The molecule has 0 atom stereocenters. The second-order valence-corrected chi connectivity index (χ2v) is 4.02. The summed E-state index contributed by atoms with van der Waals surface area (Å²) in [4.78, 5) is 24.9. The number of aromatic amines is 1. The highest BCUT2D eigenvalue weighted by Gasteiger charge is 2.09. The molecule has 0 bridgehead atoms. The van der Waals surface area contributed by atoms with Crippen molar-refractivity contribution < 1.29 is 9.84 Å². The van der Waals surface area contributed by atoms with E-state index in [0.29, 0.717) is 5.75 Å². The third kappa shape index (κ3) is 2.85. The van der Waals surface area contributed by atoms with E-state index in [0.717, 1.165) is 4.57 Å². The predicted octanol–water partition coefficient (Wildman–Crippen LogP) is 0.630. The Hall–Kier alpha value is -2.50. The van der Waals surface area contributed by atoms with Gasteiger partial charge in [0.1, 0.15) is 12.4 Å². The lowest BCUT2D eigenvalue weighted by Crippen LogP contribution is -2.32. The minimum Gasteiger partial charge on any atom is -0.494 e. The van der Waals surface area contributed by atoms with Crippen molar-refractivity contribution in [2.24, 2.45) is 0 Å². The van der Waals surface area contributed by atoms with Gasteiger partial charge in [0, 0.05) is 0 Å². The predicted molar refractivity (Wildman–Crippen MR) is 69.7 cm³/mol. The lowest BCUT2D eigenvalue weighted by Gasteiger charge is -2.10. The van der Waals surface area contributed by atoms with Crippen molar-refractivity contribution in [3.8, 4) is 11.6 Å². The number of hydrogen-bond donors (Lipinski definition) is 2. The van der Waals surface area contributed by atoms with Crippen LogP contribution >= 0.6 is 0 Å². The van der Waals surface area contributed by atoms with Gasteiger partial charge in [-0.3, -0.25) is 14.3 Å². The largest absolute Gasteiger partial charge is 0.494 e. The highest BCUT2D eigenvalue weighted by atomic mass is 16.5. The van der Waals surface area contributed by atoms with Gasteiger partial charge in [0.05, 0.1) is 12.1 Å². The molecule has 0 saturated carbocycles. The minimum absolute atomic E-state index is 0.110. The van der Waals surface area contributed by atoms with E-state index in [2.05, 4.69) is 4.98 Å². The van der Waals surface area contributed by atoms with Crippen LogP contribution in [-0.4, -0.2) is 21.3 Å². The quantitative estimate of drug-likeness (QED) is 0.846. The average molecular weight is 262 g/mol. The average Bonchev–Trinajstić information content (AvgIpc) is 2.41. The molecule has 2 rings (SSSR count). The fraction of sp³-hybridized carbons (Fsp3) is 0.231. The maximum Gasteiger partial charge on any atom is 0.331 e. The second-order valence-electron chi connectivity index (χ2n) is 4.02. The van der Waals surface area contributed by atoms with Gasteiger partial charge in [-0.1, -0.05) is 18.2 Å². The fourth-order valence-electron chi connectivity index (χ4n) is 1.64. The van der Waals surface area contributed by atoms with Gasteiger partial charge < -0.3 is 9.84 Å².